The van der Waals surface area contributed by atoms with E-state index in [1.54, 1.807) is 36.5 Å². The average Bonchev–Trinajstić information content (AvgIpc) is 3.17. The predicted molar refractivity (Wildman–Crippen MR) is 108 cm³/mol. The number of aromatic nitrogens is 2. The fraction of sp³-hybridized carbons (Fsp3) is 0.190. The highest BCUT2D eigenvalue weighted by Gasteiger charge is 2.33. The molecule has 0 fully saturated rings. The maximum absolute atomic E-state index is 13.3. The second-order valence-electron chi connectivity index (χ2n) is 6.68. The van der Waals surface area contributed by atoms with Crippen LogP contribution in [0.1, 0.15) is 12.5 Å². The van der Waals surface area contributed by atoms with Crippen molar-refractivity contribution in [1.29, 1.82) is 0 Å². The lowest BCUT2D eigenvalue weighted by atomic mass is 10.1. The zero-order valence-electron chi connectivity index (χ0n) is 16.3. The van der Waals surface area contributed by atoms with E-state index in [0.29, 0.717) is 34.1 Å². The van der Waals surface area contributed by atoms with Crippen molar-refractivity contribution in [2.24, 2.45) is 0 Å². The van der Waals surface area contributed by atoms with E-state index in [0.717, 1.165) is 0 Å². The molecule has 1 aliphatic heterocycles. The number of hydrogen-bond donors (Lipinski definition) is 2. The lowest BCUT2D eigenvalue weighted by Gasteiger charge is -2.25. The molecular formula is C21H19FN4O4. The summed E-state index contributed by atoms with van der Waals surface area (Å²) in [5.41, 5.74) is 1.72. The quantitative estimate of drug-likeness (QED) is 0.674. The molecule has 0 saturated heterocycles. The van der Waals surface area contributed by atoms with E-state index in [-0.39, 0.29) is 18.1 Å². The Labute approximate surface area is 171 Å². The first-order valence-corrected chi connectivity index (χ1v) is 9.16. The maximum atomic E-state index is 13.3. The summed E-state index contributed by atoms with van der Waals surface area (Å²) in [7, 11) is 3.02. The molecule has 1 aromatic heterocycles. The molecule has 0 spiro atoms. The van der Waals surface area contributed by atoms with Gasteiger partial charge in [-0.2, -0.15) is 5.10 Å². The SMILES string of the molecule is COc1ccc(NC(=O)[C@@H]2CC(=O)Nc3c(-c4ccc(F)cc4)cnn32)c(OC)c1. The lowest BCUT2D eigenvalue weighted by molar-refractivity contribution is -0.125. The fourth-order valence-electron chi connectivity index (χ4n) is 3.33. The summed E-state index contributed by atoms with van der Waals surface area (Å²) >= 11 is 0. The third kappa shape index (κ3) is 3.57. The Morgan fingerprint density at radius 3 is 2.67 bits per heavy atom. The number of anilines is 2. The van der Waals surface area contributed by atoms with Crippen LogP contribution in [0.4, 0.5) is 15.9 Å². The first-order valence-electron chi connectivity index (χ1n) is 9.16. The van der Waals surface area contributed by atoms with Crippen LogP contribution in [0, 0.1) is 5.82 Å². The van der Waals surface area contributed by atoms with Crippen molar-refractivity contribution in [1.82, 2.24) is 9.78 Å². The van der Waals surface area contributed by atoms with Crippen LogP contribution in [-0.2, 0) is 9.59 Å². The van der Waals surface area contributed by atoms with Crippen molar-refractivity contribution >= 4 is 23.3 Å². The lowest BCUT2D eigenvalue weighted by Crippen LogP contribution is -2.35. The number of methoxy groups -OCH3 is 2. The largest absolute Gasteiger partial charge is 0.497 e. The molecule has 2 aromatic carbocycles. The first kappa shape index (κ1) is 19.4. The van der Waals surface area contributed by atoms with E-state index in [4.69, 9.17) is 9.47 Å². The van der Waals surface area contributed by atoms with Crippen molar-refractivity contribution in [3.8, 4) is 22.6 Å². The van der Waals surface area contributed by atoms with Gasteiger partial charge in [0.05, 0.1) is 32.5 Å². The van der Waals surface area contributed by atoms with Crippen LogP contribution in [0.25, 0.3) is 11.1 Å². The molecule has 0 bridgehead atoms. The molecule has 154 valence electrons. The summed E-state index contributed by atoms with van der Waals surface area (Å²) in [6.07, 6.45) is 1.48. The Kier molecular flexibility index (Phi) is 5.09. The smallest absolute Gasteiger partial charge is 0.249 e. The van der Waals surface area contributed by atoms with Crippen molar-refractivity contribution in [3.05, 3.63) is 54.5 Å². The number of carbonyl (C=O) groups excluding carboxylic acids is 2. The van der Waals surface area contributed by atoms with Crippen LogP contribution in [0.2, 0.25) is 0 Å². The maximum Gasteiger partial charge on any atom is 0.249 e. The molecule has 2 amide bonds. The van der Waals surface area contributed by atoms with E-state index in [1.807, 2.05) is 0 Å². The molecule has 0 aliphatic carbocycles. The molecule has 0 radical (unpaired) electrons. The van der Waals surface area contributed by atoms with E-state index < -0.39 is 11.9 Å². The van der Waals surface area contributed by atoms with Gasteiger partial charge in [-0.1, -0.05) is 12.1 Å². The number of nitrogens with zero attached hydrogens (tertiary/aromatic N) is 2. The molecule has 0 saturated carbocycles. The van der Waals surface area contributed by atoms with E-state index in [1.165, 1.54) is 31.0 Å². The minimum absolute atomic E-state index is 0.0676. The molecule has 0 unspecified atom stereocenters. The molecule has 1 atom stereocenters. The Bertz CT molecular complexity index is 1110. The average molecular weight is 410 g/mol. The summed E-state index contributed by atoms with van der Waals surface area (Å²) in [4.78, 5) is 25.3. The summed E-state index contributed by atoms with van der Waals surface area (Å²) in [5, 5.41) is 9.85. The third-order valence-corrected chi connectivity index (χ3v) is 4.85. The van der Waals surface area contributed by atoms with Gasteiger partial charge in [0.25, 0.3) is 0 Å². The number of carbonyl (C=O) groups is 2. The van der Waals surface area contributed by atoms with Gasteiger partial charge < -0.3 is 20.1 Å². The van der Waals surface area contributed by atoms with Gasteiger partial charge in [0, 0.05) is 11.6 Å². The number of nitrogens with one attached hydrogen (secondary N) is 2. The van der Waals surface area contributed by atoms with E-state index in [2.05, 4.69) is 15.7 Å². The van der Waals surface area contributed by atoms with Gasteiger partial charge in [-0.15, -0.1) is 0 Å². The molecule has 9 heteroatoms. The first-order chi connectivity index (χ1) is 14.5. The van der Waals surface area contributed by atoms with Crippen molar-refractivity contribution in [3.63, 3.8) is 0 Å². The van der Waals surface area contributed by atoms with Crippen LogP contribution in [0.15, 0.2) is 48.7 Å². The van der Waals surface area contributed by atoms with Gasteiger partial charge in [0.1, 0.15) is 29.2 Å². The van der Waals surface area contributed by atoms with Gasteiger partial charge in [-0.25, -0.2) is 9.07 Å². The summed E-state index contributed by atoms with van der Waals surface area (Å²) < 4.78 is 25.2. The van der Waals surface area contributed by atoms with E-state index in [9.17, 15) is 14.0 Å². The summed E-state index contributed by atoms with van der Waals surface area (Å²) in [5.74, 6) is 0.307. The minimum Gasteiger partial charge on any atom is -0.497 e. The van der Waals surface area contributed by atoms with Crippen molar-refractivity contribution in [2.75, 3.05) is 24.9 Å². The monoisotopic (exact) mass is 410 g/mol. The molecular weight excluding hydrogens is 391 g/mol. The highest BCUT2D eigenvalue weighted by Crippen LogP contribution is 2.35. The van der Waals surface area contributed by atoms with Gasteiger partial charge >= 0.3 is 0 Å². The topological polar surface area (TPSA) is 94.5 Å². The van der Waals surface area contributed by atoms with Crippen molar-refractivity contribution < 1.29 is 23.5 Å². The number of amides is 2. The van der Waals surface area contributed by atoms with Crippen LogP contribution in [0.3, 0.4) is 0 Å². The standard InChI is InChI=1S/C21H19FN4O4/c1-29-14-7-8-16(18(9-14)30-2)24-21(28)17-10-19(27)25-20-15(11-23-26(17)20)12-3-5-13(22)6-4-12/h3-9,11,17H,10H2,1-2H3,(H,24,28)(H,25,27)/t17-/m0/s1. The molecule has 8 nitrogen and oxygen atoms in total. The Hall–Kier alpha value is -3.88. The van der Waals surface area contributed by atoms with E-state index >= 15 is 0 Å². The Balaban J connectivity index is 1.64. The van der Waals surface area contributed by atoms with Crippen LogP contribution in [0.5, 0.6) is 11.5 Å². The predicted octanol–water partition coefficient (Wildman–Crippen LogP) is 3.23. The van der Waals surface area contributed by atoms with Gasteiger partial charge in [0.15, 0.2) is 0 Å². The zero-order valence-corrected chi connectivity index (χ0v) is 16.3. The second kappa shape index (κ2) is 7.86. The minimum atomic E-state index is -0.852. The highest BCUT2D eigenvalue weighted by atomic mass is 19.1. The van der Waals surface area contributed by atoms with Crippen LogP contribution >= 0.6 is 0 Å². The van der Waals surface area contributed by atoms with Gasteiger partial charge in [0.2, 0.25) is 11.8 Å². The molecule has 2 N–H and O–H groups in total. The van der Waals surface area contributed by atoms with Gasteiger partial charge in [-0.3, -0.25) is 9.59 Å². The molecule has 4 rings (SSSR count). The van der Waals surface area contributed by atoms with Crippen LogP contribution in [-0.4, -0.2) is 35.8 Å². The second-order valence-corrected chi connectivity index (χ2v) is 6.68. The highest BCUT2D eigenvalue weighted by molar-refractivity contribution is 6.03. The molecule has 30 heavy (non-hydrogen) atoms. The summed E-state index contributed by atoms with van der Waals surface area (Å²) in [6.45, 7) is 0. The normalized spacial score (nSPS) is 15.2. The zero-order chi connectivity index (χ0) is 21.3. The Morgan fingerprint density at radius 2 is 1.97 bits per heavy atom. The number of rotatable bonds is 5. The molecule has 2 heterocycles. The molecule has 1 aliphatic rings. The third-order valence-electron chi connectivity index (χ3n) is 4.85. The fourth-order valence-corrected chi connectivity index (χ4v) is 3.33. The number of halogens is 1. The number of benzene rings is 2. The molecule has 3 aromatic rings. The van der Waals surface area contributed by atoms with Gasteiger partial charge in [-0.05, 0) is 29.8 Å². The number of fused-ring (bicyclic) bond motifs is 1. The number of ether oxygens (including phenoxy) is 2. The van der Waals surface area contributed by atoms with Crippen LogP contribution < -0.4 is 20.1 Å². The summed E-state index contributed by atoms with van der Waals surface area (Å²) in [6, 6.07) is 9.97. The number of hydrogen-bond acceptors (Lipinski definition) is 5. The Morgan fingerprint density at radius 1 is 1.20 bits per heavy atom. The van der Waals surface area contributed by atoms with Crippen molar-refractivity contribution in [2.45, 2.75) is 12.5 Å².